The average Bonchev–Trinajstić information content (AvgIpc) is 2.29. The fraction of sp³-hybridized carbons (Fsp3) is 0.750. The summed E-state index contributed by atoms with van der Waals surface area (Å²) in [4.78, 5) is 9.95. The molecular formula is C12H26N2O. The third-order valence-electron chi connectivity index (χ3n) is 1.85. The molecule has 0 saturated carbocycles. The lowest BCUT2D eigenvalue weighted by Gasteiger charge is -1.99. The van der Waals surface area contributed by atoms with E-state index in [1.54, 1.807) is 7.05 Å². The van der Waals surface area contributed by atoms with Gasteiger partial charge in [-0.1, -0.05) is 33.3 Å². The standard InChI is InChI=1S/C8H19N.C4H7NO/c1-3-5-7-9-8-6-4-2;1-3-4(6)5-2/h9H,3-8H2,1-2H3;3H,1H2,2H3,(H,5,6). The van der Waals surface area contributed by atoms with Crippen molar-refractivity contribution in [1.29, 1.82) is 0 Å². The maximum Gasteiger partial charge on any atom is 0.243 e. The fourth-order valence-corrected chi connectivity index (χ4v) is 0.831. The van der Waals surface area contributed by atoms with E-state index < -0.39 is 0 Å². The van der Waals surface area contributed by atoms with Crippen LogP contribution in [0.5, 0.6) is 0 Å². The highest BCUT2D eigenvalue weighted by Gasteiger charge is 1.83. The largest absolute Gasteiger partial charge is 0.356 e. The summed E-state index contributed by atoms with van der Waals surface area (Å²) in [5, 5.41) is 5.74. The summed E-state index contributed by atoms with van der Waals surface area (Å²) in [6, 6.07) is 0. The molecule has 90 valence electrons. The van der Waals surface area contributed by atoms with Gasteiger partial charge in [0.15, 0.2) is 0 Å². The van der Waals surface area contributed by atoms with Gasteiger partial charge < -0.3 is 10.6 Å². The van der Waals surface area contributed by atoms with Crippen LogP contribution in [0.15, 0.2) is 12.7 Å². The molecule has 0 aliphatic rings. The highest BCUT2D eigenvalue weighted by atomic mass is 16.1. The maximum atomic E-state index is 9.95. The Labute approximate surface area is 94.3 Å². The SMILES string of the molecule is C=CC(=O)NC.CCCCNCCCC. The second-order valence-electron chi connectivity index (χ2n) is 3.28. The molecule has 0 aliphatic heterocycles. The van der Waals surface area contributed by atoms with Crippen molar-refractivity contribution in [3.8, 4) is 0 Å². The van der Waals surface area contributed by atoms with Gasteiger partial charge in [-0.25, -0.2) is 0 Å². The van der Waals surface area contributed by atoms with Crippen LogP contribution in [-0.4, -0.2) is 26.0 Å². The zero-order valence-electron chi connectivity index (χ0n) is 10.4. The maximum absolute atomic E-state index is 9.95. The molecule has 15 heavy (non-hydrogen) atoms. The first-order chi connectivity index (χ1) is 7.22. The van der Waals surface area contributed by atoms with Crippen LogP contribution in [0.4, 0.5) is 0 Å². The Hall–Kier alpha value is -0.830. The van der Waals surface area contributed by atoms with Gasteiger partial charge in [0, 0.05) is 7.05 Å². The van der Waals surface area contributed by atoms with Crippen molar-refractivity contribution in [2.75, 3.05) is 20.1 Å². The number of carbonyl (C=O) groups is 1. The number of likely N-dealkylation sites (N-methyl/N-ethyl adjacent to an activating group) is 1. The summed E-state index contributed by atoms with van der Waals surface area (Å²) in [5.41, 5.74) is 0. The third kappa shape index (κ3) is 19.5. The summed E-state index contributed by atoms with van der Waals surface area (Å²) in [6.45, 7) is 10.1. The van der Waals surface area contributed by atoms with Gasteiger partial charge in [0.25, 0.3) is 0 Å². The molecule has 0 heterocycles. The highest BCUT2D eigenvalue weighted by Crippen LogP contribution is 1.85. The van der Waals surface area contributed by atoms with E-state index in [0.29, 0.717) is 0 Å². The molecule has 0 saturated heterocycles. The summed E-state index contributed by atoms with van der Waals surface area (Å²) >= 11 is 0. The molecule has 0 rings (SSSR count). The van der Waals surface area contributed by atoms with Gasteiger partial charge >= 0.3 is 0 Å². The summed E-state index contributed by atoms with van der Waals surface area (Å²) in [5.74, 6) is -0.144. The van der Waals surface area contributed by atoms with Crippen molar-refractivity contribution in [2.24, 2.45) is 0 Å². The lowest BCUT2D eigenvalue weighted by Crippen LogP contribution is -2.15. The predicted octanol–water partition coefficient (Wildman–Crippen LogP) is 2.09. The fourth-order valence-electron chi connectivity index (χ4n) is 0.831. The van der Waals surface area contributed by atoms with Crippen LogP contribution in [0.3, 0.4) is 0 Å². The van der Waals surface area contributed by atoms with Crippen LogP contribution in [0.2, 0.25) is 0 Å². The molecule has 1 amide bonds. The van der Waals surface area contributed by atoms with Crippen LogP contribution >= 0.6 is 0 Å². The van der Waals surface area contributed by atoms with Gasteiger partial charge in [-0.3, -0.25) is 4.79 Å². The Balaban J connectivity index is 0. The Morgan fingerprint density at radius 3 is 1.87 bits per heavy atom. The molecule has 0 spiro atoms. The molecule has 0 aromatic heterocycles. The molecule has 0 atom stereocenters. The molecule has 0 radical (unpaired) electrons. The van der Waals surface area contributed by atoms with Crippen LogP contribution in [0.25, 0.3) is 0 Å². The van der Waals surface area contributed by atoms with E-state index in [0.717, 1.165) is 0 Å². The monoisotopic (exact) mass is 214 g/mol. The first kappa shape index (κ1) is 16.6. The topological polar surface area (TPSA) is 41.1 Å². The smallest absolute Gasteiger partial charge is 0.243 e. The Morgan fingerprint density at radius 2 is 1.67 bits per heavy atom. The lowest BCUT2D eigenvalue weighted by molar-refractivity contribution is -0.116. The van der Waals surface area contributed by atoms with Gasteiger partial charge in [0.1, 0.15) is 0 Å². The molecule has 2 N–H and O–H groups in total. The number of rotatable bonds is 7. The molecule has 0 aromatic rings. The normalized spacial score (nSPS) is 8.73. The van der Waals surface area contributed by atoms with Gasteiger partial charge in [-0.15, -0.1) is 0 Å². The quantitative estimate of drug-likeness (QED) is 0.503. The predicted molar refractivity (Wildman–Crippen MR) is 66.9 cm³/mol. The Bertz CT molecular complexity index is 141. The molecular weight excluding hydrogens is 188 g/mol. The minimum Gasteiger partial charge on any atom is -0.356 e. The van der Waals surface area contributed by atoms with Gasteiger partial charge in [-0.2, -0.15) is 0 Å². The average molecular weight is 214 g/mol. The zero-order valence-corrected chi connectivity index (χ0v) is 10.4. The Kier molecular flexibility index (Phi) is 17.3. The number of unbranched alkanes of at least 4 members (excludes halogenated alkanes) is 2. The van der Waals surface area contributed by atoms with Crippen molar-refractivity contribution >= 4 is 5.91 Å². The van der Waals surface area contributed by atoms with E-state index in [-0.39, 0.29) is 5.91 Å². The van der Waals surface area contributed by atoms with E-state index in [1.807, 2.05) is 0 Å². The third-order valence-corrected chi connectivity index (χ3v) is 1.85. The second kappa shape index (κ2) is 15.6. The van der Waals surface area contributed by atoms with Crippen LogP contribution in [-0.2, 0) is 4.79 Å². The number of hydrogen-bond donors (Lipinski definition) is 2. The van der Waals surface area contributed by atoms with E-state index in [9.17, 15) is 4.79 Å². The minimum absolute atomic E-state index is 0.144. The number of hydrogen-bond acceptors (Lipinski definition) is 2. The van der Waals surface area contributed by atoms with Gasteiger partial charge in [0.05, 0.1) is 0 Å². The van der Waals surface area contributed by atoms with Crippen molar-refractivity contribution in [3.63, 3.8) is 0 Å². The Morgan fingerprint density at radius 1 is 1.20 bits per heavy atom. The van der Waals surface area contributed by atoms with E-state index in [4.69, 9.17) is 0 Å². The van der Waals surface area contributed by atoms with Crippen LogP contribution in [0.1, 0.15) is 39.5 Å². The van der Waals surface area contributed by atoms with Crippen molar-refractivity contribution < 1.29 is 4.79 Å². The lowest BCUT2D eigenvalue weighted by atomic mass is 10.3. The summed E-state index contributed by atoms with van der Waals surface area (Å²) in [6.07, 6.45) is 6.48. The molecule has 0 aromatic carbocycles. The van der Waals surface area contributed by atoms with Crippen molar-refractivity contribution in [2.45, 2.75) is 39.5 Å². The van der Waals surface area contributed by atoms with Crippen LogP contribution < -0.4 is 10.6 Å². The summed E-state index contributed by atoms with van der Waals surface area (Å²) in [7, 11) is 1.56. The second-order valence-corrected chi connectivity index (χ2v) is 3.28. The number of amides is 1. The van der Waals surface area contributed by atoms with E-state index in [1.165, 1.54) is 44.8 Å². The molecule has 0 bridgehead atoms. The minimum atomic E-state index is -0.144. The first-order valence-corrected chi connectivity index (χ1v) is 5.77. The van der Waals surface area contributed by atoms with Gasteiger partial charge in [-0.05, 0) is 32.0 Å². The van der Waals surface area contributed by atoms with E-state index in [2.05, 4.69) is 31.1 Å². The van der Waals surface area contributed by atoms with Crippen molar-refractivity contribution in [3.05, 3.63) is 12.7 Å². The van der Waals surface area contributed by atoms with E-state index >= 15 is 0 Å². The number of nitrogens with one attached hydrogen (secondary N) is 2. The van der Waals surface area contributed by atoms with Crippen molar-refractivity contribution in [1.82, 2.24) is 10.6 Å². The highest BCUT2D eigenvalue weighted by molar-refractivity contribution is 5.86. The first-order valence-electron chi connectivity index (χ1n) is 5.77. The molecule has 0 aliphatic carbocycles. The van der Waals surface area contributed by atoms with Gasteiger partial charge in [0.2, 0.25) is 5.91 Å². The van der Waals surface area contributed by atoms with Crippen LogP contribution in [0, 0.1) is 0 Å². The zero-order chi connectivity index (χ0) is 11.9. The molecule has 3 nitrogen and oxygen atoms in total. The molecule has 3 heteroatoms. The summed E-state index contributed by atoms with van der Waals surface area (Å²) < 4.78 is 0. The number of carbonyl (C=O) groups excluding carboxylic acids is 1. The molecule has 0 unspecified atom stereocenters. The molecule has 0 fully saturated rings.